The molecule has 2 aliphatic heterocycles. The first-order chi connectivity index (χ1) is 5.38. The van der Waals surface area contributed by atoms with Crippen LogP contribution in [0.4, 0.5) is 0 Å². The molecule has 3 aliphatic rings. The third-order valence-corrected chi connectivity index (χ3v) is 2.58. The van der Waals surface area contributed by atoms with E-state index in [0.717, 1.165) is 11.8 Å². The van der Waals surface area contributed by atoms with Crippen LogP contribution in [-0.2, 0) is 18.6 Å². The molecule has 0 aromatic carbocycles. The Balaban J connectivity index is 0.000000378. The summed E-state index contributed by atoms with van der Waals surface area (Å²) in [6, 6.07) is 0. The molecule has 2 heteroatoms. The van der Waals surface area contributed by atoms with Gasteiger partial charge in [0.05, 0.1) is 0 Å². The zero-order chi connectivity index (χ0) is 8.27. The Morgan fingerprint density at radius 2 is 1.67 bits per heavy atom. The zero-order valence-corrected chi connectivity index (χ0v) is 9.85. The van der Waals surface area contributed by atoms with Gasteiger partial charge in [-0.25, -0.2) is 0 Å². The second-order valence-electron chi connectivity index (χ2n) is 3.30. The Morgan fingerprint density at radius 3 is 1.92 bits per heavy atom. The van der Waals surface area contributed by atoms with Gasteiger partial charge in [0.1, 0.15) is 0 Å². The van der Waals surface area contributed by atoms with E-state index in [1.807, 2.05) is 13.8 Å². The first-order valence-electron chi connectivity index (χ1n) is 4.96. The second kappa shape index (κ2) is 6.07. The van der Waals surface area contributed by atoms with Gasteiger partial charge in [-0.05, 0) is 19.6 Å². The molecule has 1 saturated carbocycles. The predicted octanol–water partition coefficient (Wildman–Crippen LogP) is 2.19. The number of nitrogens with zero attached hydrogens (tertiary/aromatic N) is 1. The van der Waals surface area contributed by atoms with Crippen LogP contribution in [-0.4, -0.2) is 24.5 Å². The Hall–Kier alpha value is 0.544. The summed E-state index contributed by atoms with van der Waals surface area (Å²) >= 11 is 0. The minimum Gasteiger partial charge on any atom is -0.320 e. The minimum atomic E-state index is 0. The third kappa shape index (κ3) is 2.79. The predicted molar refractivity (Wildman–Crippen MR) is 49.4 cm³/mol. The average Bonchev–Trinajstić information content (AvgIpc) is 2.07. The smallest absolute Gasteiger partial charge is 0 e. The maximum Gasteiger partial charge on any atom is 0 e. The van der Waals surface area contributed by atoms with Crippen molar-refractivity contribution in [2.45, 2.75) is 27.2 Å². The molecular weight excluding hydrogens is 185 g/mol. The summed E-state index contributed by atoms with van der Waals surface area (Å²) in [5, 5.41) is 0. The summed E-state index contributed by atoms with van der Waals surface area (Å²) in [4.78, 5) is 2.55. The van der Waals surface area contributed by atoms with Gasteiger partial charge in [0.15, 0.2) is 0 Å². The fraction of sp³-hybridized carbons (Fsp3) is 0.900. The molecule has 0 aromatic rings. The van der Waals surface area contributed by atoms with E-state index in [9.17, 15) is 0 Å². The Kier molecular flexibility index (Phi) is 6.34. The van der Waals surface area contributed by atoms with Crippen molar-refractivity contribution in [3.05, 3.63) is 6.42 Å². The monoisotopic (exact) mass is 205 g/mol. The number of fused-ring (bicyclic) bond motifs is 2. The van der Waals surface area contributed by atoms with Crippen LogP contribution in [0, 0.1) is 18.3 Å². The summed E-state index contributed by atoms with van der Waals surface area (Å²) in [5.74, 6) is 1.92. The van der Waals surface area contributed by atoms with Gasteiger partial charge in [-0.1, -0.05) is 27.2 Å². The van der Waals surface area contributed by atoms with E-state index in [4.69, 9.17) is 0 Å². The molecule has 2 atom stereocenters. The van der Waals surface area contributed by atoms with Crippen molar-refractivity contribution in [3.63, 3.8) is 0 Å². The molecule has 1 radical (unpaired) electrons. The van der Waals surface area contributed by atoms with Crippen molar-refractivity contribution in [1.82, 2.24) is 4.90 Å². The van der Waals surface area contributed by atoms with Crippen molar-refractivity contribution < 1.29 is 18.6 Å². The number of hydrogen-bond donors (Lipinski definition) is 0. The summed E-state index contributed by atoms with van der Waals surface area (Å²) in [6.07, 6.45) is 4.00. The SMILES string of the molecule is CC.CCN1CC2[CH-]C(C2)C1.[V]. The zero-order valence-electron chi connectivity index (χ0n) is 8.45. The van der Waals surface area contributed by atoms with Gasteiger partial charge in [-0.2, -0.15) is 11.8 Å². The van der Waals surface area contributed by atoms with Crippen LogP contribution in [0.25, 0.3) is 0 Å². The van der Waals surface area contributed by atoms with Gasteiger partial charge in [0.25, 0.3) is 0 Å². The second-order valence-corrected chi connectivity index (χ2v) is 3.30. The molecule has 3 rings (SSSR count). The van der Waals surface area contributed by atoms with Crippen LogP contribution >= 0.6 is 0 Å². The van der Waals surface area contributed by atoms with E-state index >= 15 is 0 Å². The van der Waals surface area contributed by atoms with E-state index in [1.165, 1.54) is 26.1 Å². The van der Waals surface area contributed by atoms with Crippen LogP contribution in [0.5, 0.6) is 0 Å². The Morgan fingerprint density at radius 1 is 1.25 bits per heavy atom. The molecule has 0 N–H and O–H groups in total. The summed E-state index contributed by atoms with van der Waals surface area (Å²) in [6.45, 7) is 10.2. The minimum absolute atomic E-state index is 0. The molecule has 2 unspecified atom stereocenters. The maximum atomic E-state index is 2.55. The van der Waals surface area contributed by atoms with Crippen molar-refractivity contribution in [3.8, 4) is 0 Å². The molecule has 1 nitrogen and oxygen atoms in total. The standard InChI is InChI=1S/C8H14N.C2H6.V/c1-2-9-5-7-3-8(4-7)6-9;1-2;/h3,7-8H,2,4-6H2,1H3;1-2H3;/q-1;;. The van der Waals surface area contributed by atoms with E-state index in [0.29, 0.717) is 0 Å². The van der Waals surface area contributed by atoms with E-state index in [-0.39, 0.29) is 18.6 Å². The topological polar surface area (TPSA) is 3.24 Å². The average molecular weight is 205 g/mol. The van der Waals surface area contributed by atoms with Crippen molar-refractivity contribution >= 4 is 0 Å². The summed E-state index contributed by atoms with van der Waals surface area (Å²) < 4.78 is 0. The molecule has 2 bridgehead atoms. The molecule has 1 aliphatic carbocycles. The number of piperidine rings is 2. The van der Waals surface area contributed by atoms with E-state index in [1.54, 1.807) is 0 Å². The fourth-order valence-electron chi connectivity index (χ4n) is 2.00. The van der Waals surface area contributed by atoms with Gasteiger partial charge >= 0.3 is 0 Å². The maximum absolute atomic E-state index is 2.55. The van der Waals surface area contributed by atoms with Gasteiger partial charge in [-0.3, -0.25) is 0 Å². The van der Waals surface area contributed by atoms with Gasteiger partial charge < -0.3 is 11.3 Å². The van der Waals surface area contributed by atoms with Gasteiger partial charge in [0.2, 0.25) is 0 Å². The molecule has 2 heterocycles. The Bertz CT molecular complexity index is 100. The quantitative estimate of drug-likeness (QED) is 0.593. The molecule has 3 fully saturated rings. The van der Waals surface area contributed by atoms with Crippen LogP contribution in [0.3, 0.4) is 0 Å². The molecule has 0 spiro atoms. The molecule has 0 amide bonds. The summed E-state index contributed by atoms with van der Waals surface area (Å²) in [5.41, 5.74) is 0. The van der Waals surface area contributed by atoms with Crippen molar-refractivity contribution in [2.24, 2.45) is 11.8 Å². The van der Waals surface area contributed by atoms with E-state index < -0.39 is 0 Å². The normalized spacial score (nSPS) is 32.2. The van der Waals surface area contributed by atoms with Crippen LogP contribution in [0.1, 0.15) is 27.2 Å². The first kappa shape index (κ1) is 12.5. The first-order valence-corrected chi connectivity index (χ1v) is 4.96. The van der Waals surface area contributed by atoms with Crippen LogP contribution in [0.15, 0.2) is 0 Å². The van der Waals surface area contributed by atoms with E-state index in [2.05, 4.69) is 18.2 Å². The van der Waals surface area contributed by atoms with Crippen LogP contribution < -0.4 is 0 Å². The molecule has 12 heavy (non-hydrogen) atoms. The third-order valence-electron chi connectivity index (χ3n) is 2.58. The van der Waals surface area contributed by atoms with Crippen molar-refractivity contribution in [1.29, 1.82) is 0 Å². The van der Waals surface area contributed by atoms with Gasteiger partial charge in [0, 0.05) is 18.6 Å². The molecular formula is C10H20NV-. The molecule has 2 saturated heterocycles. The number of hydrogen-bond acceptors (Lipinski definition) is 1. The van der Waals surface area contributed by atoms with Crippen molar-refractivity contribution in [2.75, 3.05) is 19.6 Å². The Labute approximate surface area is 88.8 Å². The van der Waals surface area contributed by atoms with Crippen LogP contribution in [0.2, 0.25) is 0 Å². The largest absolute Gasteiger partial charge is 0.320 e. The molecule has 0 aromatic heterocycles. The number of rotatable bonds is 1. The molecule has 71 valence electrons. The summed E-state index contributed by atoms with van der Waals surface area (Å²) in [7, 11) is 0. The van der Waals surface area contributed by atoms with Gasteiger partial charge in [-0.15, -0.1) is 0 Å². The fourth-order valence-corrected chi connectivity index (χ4v) is 2.00.